The third-order valence-corrected chi connectivity index (χ3v) is 4.52. The first-order chi connectivity index (χ1) is 5.33. The van der Waals surface area contributed by atoms with Crippen molar-refractivity contribution < 1.29 is 4.79 Å². The van der Waals surface area contributed by atoms with Crippen molar-refractivity contribution in [3.63, 3.8) is 0 Å². The monoisotopic (exact) mass is 189 g/mol. The zero-order chi connectivity index (χ0) is 8.10. The van der Waals surface area contributed by atoms with Gasteiger partial charge < -0.3 is 0 Å². The van der Waals surface area contributed by atoms with E-state index < -0.39 is 0 Å². The summed E-state index contributed by atoms with van der Waals surface area (Å²) in [5, 5.41) is 0.129. The van der Waals surface area contributed by atoms with Crippen LogP contribution in [0, 0.1) is 0 Å². The second kappa shape index (κ2) is 4.88. The van der Waals surface area contributed by atoms with Gasteiger partial charge >= 0.3 is 0 Å². The lowest BCUT2D eigenvalue weighted by atomic mass is 10.3. The molecule has 0 spiro atoms. The number of thiol groups is 1. The summed E-state index contributed by atoms with van der Waals surface area (Å²) in [4.78, 5) is 10.9. The standard InChI is InChI=1S/C8H12OS2/c1-2-7(9)11-8-5-3-4-6-10-8/h2,8H,1,3-6H2/p+1. The maximum atomic E-state index is 10.9. The topological polar surface area (TPSA) is 17.1 Å². The molecule has 1 unspecified atom stereocenters. The molecular formula is C8H13OS2+. The summed E-state index contributed by atoms with van der Waals surface area (Å²) in [5.74, 6) is 1.27. The molecule has 0 aromatic heterocycles. The van der Waals surface area contributed by atoms with Crippen molar-refractivity contribution in [3.05, 3.63) is 12.7 Å². The minimum atomic E-state index is 0.129. The Morgan fingerprint density at radius 2 is 2.45 bits per heavy atom. The summed E-state index contributed by atoms with van der Waals surface area (Å²) in [6, 6.07) is 0. The highest BCUT2D eigenvalue weighted by Gasteiger charge is 2.23. The lowest BCUT2D eigenvalue weighted by molar-refractivity contribution is -0.107. The third kappa shape index (κ3) is 3.34. The van der Waals surface area contributed by atoms with Crippen LogP contribution in [0.5, 0.6) is 0 Å². The van der Waals surface area contributed by atoms with Crippen LogP contribution in [0.2, 0.25) is 0 Å². The Morgan fingerprint density at radius 3 is 3.00 bits per heavy atom. The van der Waals surface area contributed by atoms with Gasteiger partial charge in [-0.3, -0.25) is 4.79 Å². The van der Waals surface area contributed by atoms with Crippen molar-refractivity contribution in [2.24, 2.45) is 0 Å². The molecule has 1 atom stereocenters. The molecule has 3 heteroatoms. The van der Waals surface area contributed by atoms with Gasteiger partial charge in [-0.15, -0.1) is 0 Å². The summed E-state index contributed by atoms with van der Waals surface area (Å²) in [6.45, 7) is 3.45. The Bertz CT molecular complexity index is 150. The zero-order valence-corrected chi connectivity index (χ0v) is 8.16. The molecule has 0 aliphatic carbocycles. The maximum Gasteiger partial charge on any atom is 0.216 e. The summed E-state index contributed by atoms with van der Waals surface area (Å²) < 4.78 is 0.550. The van der Waals surface area contributed by atoms with E-state index in [2.05, 4.69) is 6.58 Å². The first-order valence-corrected chi connectivity index (χ1v) is 5.85. The van der Waals surface area contributed by atoms with E-state index in [9.17, 15) is 4.79 Å². The molecule has 0 bridgehead atoms. The average Bonchev–Trinajstić information content (AvgIpc) is 2.06. The molecule has 0 amide bonds. The van der Waals surface area contributed by atoms with Crippen LogP contribution in [0.15, 0.2) is 12.7 Å². The quantitative estimate of drug-likeness (QED) is 0.374. The molecule has 11 heavy (non-hydrogen) atoms. The molecule has 1 rings (SSSR count). The zero-order valence-electron chi connectivity index (χ0n) is 6.45. The summed E-state index contributed by atoms with van der Waals surface area (Å²) >= 11 is 2.89. The van der Waals surface area contributed by atoms with Crippen molar-refractivity contribution in [1.29, 1.82) is 0 Å². The summed E-state index contributed by atoms with van der Waals surface area (Å²) in [7, 11) is 0. The lowest BCUT2D eigenvalue weighted by Gasteiger charge is -2.11. The number of hydrogen-bond donors (Lipinski definition) is 0. The van der Waals surface area contributed by atoms with Crippen LogP contribution in [0.3, 0.4) is 0 Å². The number of carbonyl (C=O) groups is 1. The van der Waals surface area contributed by atoms with E-state index in [0.29, 0.717) is 4.58 Å². The molecule has 0 radical (unpaired) electrons. The first-order valence-electron chi connectivity index (χ1n) is 3.82. The number of carbonyl (C=O) groups excluding carboxylic acids is 1. The minimum absolute atomic E-state index is 0.129. The minimum Gasteiger partial charge on any atom is -0.282 e. The molecular weight excluding hydrogens is 176 g/mol. The maximum absolute atomic E-state index is 10.9. The third-order valence-electron chi connectivity index (χ3n) is 1.61. The second-order valence-electron chi connectivity index (χ2n) is 2.50. The number of hydrogen-bond acceptors (Lipinski definition) is 2. The van der Waals surface area contributed by atoms with Crippen LogP contribution in [0.25, 0.3) is 0 Å². The Labute approximate surface area is 76.0 Å². The van der Waals surface area contributed by atoms with E-state index in [-0.39, 0.29) is 5.12 Å². The fourth-order valence-electron chi connectivity index (χ4n) is 1.04. The van der Waals surface area contributed by atoms with Gasteiger partial charge in [0.15, 0.2) is 4.58 Å². The molecule has 1 aliphatic rings. The number of rotatable bonds is 2. The largest absolute Gasteiger partial charge is 0.282 e. The Morgan fingerprint density at radius 1 is 1.64 bits per heavy atom. The summed E-state index contributed by atoms with van der Waals surface area (Å²) in [5.41, 5.74) is 0. The van der Waals surface area contributed by atoms with E-state index >= 15 is 0 Å². The Kier molecular flexibility index (Phi) is 4.08. The van der Waals surface area contributed by atoms with E-state index in [1.54, 1.807) is 0 Å². The molecule has 1 aliphatic heterocycles. The van der Waals surface area contributed by atoms with Crippen molar-refractivity contribution in [1.82, 2.24) is 0 Å². The molecule has 0 N–H and O–H groups in total. The smallest absolute Gasteiger partial charge is 0.216 e. The fraction of sp³-hybridized carbons (Fsp3) is 0.625. The highest BCUT2D eigenvalue weighted by Crippen LogP contribution is 2.24. The van der Waals surface area contributed by atoms with Gasteiger partial charge in [-0.2, -0.15) is 0 Å². The summed E-state index contributed by atoms with van der Waals surface area (Å²) in [6.07, 6.45) is 5.23. The van der Waals surface area contributed by atoms with Crippen LogP contribution >= 0.6 is 11.8 Å². The predicted octanol–water partition coefficient (Wildman–Crippen LogP) is 1.76. The van der Waals surface area contributed by atoms with Crippen molar-refractivity contribution in [2.45, 2.75) is 23.8 Å². The SMILES string of the molecule is C=CC(=O)SC1CCCC[SH+]1. The second-order valence-corrected chi connectivity index (χ2v) is 5.49. The van der Waals surface area contributed by atoms with Crippen LogP contribution in [0.1, 0.15) is 19.3 Å². The highest BCUT2D eigenvalue weighted by atomic mass is 32.2. The molecule has 1 saturated heterocycles. The fourth-order valence-corrected chi connectivity index (χ4v) is 3.67. The first kappa shape index (κ1) is 9.20. The van der Waals surface area contributed by atoms with E-state index in [1.165, 1.54) is 54.6 Å². The van der Waals surface area contributed by atoms with E-state index in [0.717, 1.165) is 0 Å². The van der Waals surface area contributed by atoms with E-state index in [4.69, 9.17) is 0 Å². The van der Waals surface area contributed by atoms with Crippen LogP contribution in [-0.2, 0) is 16.6 Å². The Hall–Kier alpha value is 0.110. The van der Waals surface area contributed by atoms with Gasteiger partial charge in [-0.25, -0.2) is 0 Å². The van der Waals surface area contributed by atoms with Gasteiger partial charge in [-0.1, -0.05) is 6.58 Å². The Balaban J connectivity index is 2.24. The van der Waals surface area contributed by atoms with Crippen molar-refractivity contribution in [3.8, 4) is 0 Å². The lowest BCUT2D eigenvalue weighted by Crippen LogP contribution is -2.15. The van der Waals surface area contributed by atoms with Gasteiger partial charge in [0.1, 0.15) is 5.75 Å². The molecule has 1 heterocycles. The van der Waals surface area contributed by atoms with Gasteiger partial charge in [0.05, 0.1) is 0 Å². The molecule has 0 saturated carbocycles. The number of thioether (sulfide) groups is 1. The van der Waals surface area contributed by atoms with Gasteiger partial charge in [-0.05, 0) is 42.4 Å². The van der Waals surface area contributed by atoms with Crippen LogP contribution < -0.4 is 0 Å². The molecule has 1 nitrogen and oxygen atoms in total. The molecule has 0 aromatic rings. The van der Waals surface area contributed by atoms with Gasteiger partial charge in [0, 0.05) is 6.42 Å². The highest BCUT2D eigenvalue weighted by molar-refractivity contribution is 8.20. The normalized spacial score (nSPS) is 24.5. The molecule has 0 aromatic carbocycles. The molecule has 62 valence electrons. The van der Waals surface area contributed by atoms with Crippen molar-refractivity contribution in [2.75, 3.05) is 5.75 Å². The average molecular weight is 189 g/mol. The van der Waals surface area contributed by atoms with Crippen LogP contribution in [-0.4, -0.2) is 15.5 Å². The molecule has 1 fully saturated rings. The van der Waals surface area contributed by atoms with Crippen molar-refractivity contribution >= 4 is 28.6 Å². The van der Waals surface area contributed by atoms with Gasteiger partial charge in [0.2, 0.25) is 5.12 Å². The van der Waals surface area contributed by atoms with Gasteiger partial charge in [0.25, 0.3) is 0 Å². The predicted molar refractivity (Wildman–Crippen MR) is 54.1 cm³/mol. The van der Waals surface area contributed by atoms with Crippen LogP contribution in [0.4, 0.5) is 0 Å². The van der Waals surface area contributed by atoms with E-state index in [1.807, 2.05) is 0 Å².